The highest BCUT2D eigenvalue weighted by molar-refractivity contribution is 6.35. The highest BCUT2D eigenvalue weighted by atomic mass is 16.2. The molecule has 1 aromatic rings. The average molecular weight is 217 g/mol. The highest BCUT2D eigenvalue weighted by Crippen LogP contribution is 2.00. The molecule has 0 fully saturated rings. The minimum atomic E-state index is -0.251. The lowest BCUT2D eigenvalue weighted by Gasteiger charge is -2.13. The first-order chi connectivity index (χ1) is 7.65. The van der Waals surface area contributed by atoms with Gasteiger partial charge in [0.2, 0.25) is 0 Å². The maximum atomic E-state index is 11.5. The van der Waals surface area contributed by atoms with E-state index in [1.807, 2.05) is 30.3 Å². The molecule has 16 heavy (non-hydrogen) atoms. The van der Waals surface area contributed by atoms with E-state index in [0.717, 1.165) is 6.42 Å². The van der Waals surface area contributed by atoms with Crippen LogP contribution in [0.4, 0.5) is 0 Å². The van der Waals surface area contributed by atoms with Crippen molar-refractivity contribution in [2.24, 2.45) is 0 Å². The van der Waals surface area contributed by atoms with Gasteiger partial charge in [0.15, 0.2) is 0 Å². The summed E-state index contributed by atoms with van der Waals surface area (Å²) in [5.74, 6) is -0.251. The standard InChI is InChI=1S/C12H15N3O/c1-10(14-13)12(16)15(2)9-8-11-6-4-3-5-7-11/h3-7H,8-9H2,1-2H3. The Morgan fingerprint density at radius 1 is 1.38 bits per heavy atom. The molecule has 0 atom stereocenters. The van der Waals surface area contributed by atoms with Gasteiger partial charge in [-0.25, -0.2) is 0 Å². The van der Waals surface area contributed by atoms with Crippen molar-refractivity contribution in [1.82, 2.24) is 4.90 Å². The Balaban J connectivity index is 2.50. The first-order valence-electron chi connectivity index (χ1n) is 5.13. The maximum absolute atomic E-state index is 11.5. The van der Waals surface area contributed by atoms with E-state index in [9.17, 15) is 4.79 Å². The monoisotopic (exact) mass is 217 g/mol. The summed E-state index contributed by atoms with van der Waals surface area (Å²) in [6.07, 6.45) is 0.793. The van der Waals surface area contributed by atoms with Gasteiger partial charge < -0.3 is 10.4 Å². The Morgan fingerprint density at radius 2 is 2.00 bits per heavy atom. The van der Waals surface area contributed by atoms with E-state index in [4.69, 9.17) is 5.53 Å². The molecule has 0 heterocycles. The summed E-state index contributed by atoms with van der Waals surface area (Å²) in [5, 5.41) is 0. The zero-order valence-electron chi connectivity index (χ0n) is 9.55. The minimum absolute atomic E-state index is 0.107. The Bertz CT molecular complexity index is 408. The van der Waals surface area contributed by atoms with E-state index in [1.54, 1.807) is 11.9 Å². The molecule has 0 bridgehead atoms. The molecule has 1 aromatic carbocycles. The lowest BCUT2D eigenvalue weighted by molar-refractivity contribution is -0.127. The van der Waals surface area contributed by atoms with Crippen molar-refractivity contribution >= 4 is 11.6 Å². The first kappa shape index (κ1) is 12.1. The lowest BCUT2D eigenvalue weighted by Crippen LogP contribution is -2.33. The zero-order valence-corrected chi connectivity index (χ0v) is 9.55. The second-order valence-electron chi connectivity index (χ2n) is 3.65. The van der Waals surface area contributed by atoms with Gasteiger partial charge in [0.1, 0.15) is 0 Å². The molecular formula is C12H15N3O. The summed E-state index contributed by atoms with van der Waals surface area (Å²) in [7, 11) is 1.69. The molecule has 1 rings (SSSR count). The van der Waals surface area contributed by atoms with Crippen LogP contribution in [-0.4, -0.2) is 34.9 Å². The van der Waals surface area contributed by atoms with E-state index in [1.165, 1.54) is 12.5 Å². The Morgan fingerprint density at radius 3 is 2.56 bits per heavy atom. The molecule has 0 spiro atoms. The average Bonchev–Trinajstić information content (AvgIpc) is 2.35. The number of carbonyl (C=O) groups is 1. The Labute approximate surface area is 95.1 Å². The van der Waals surface area contributed by atoms with Gasteiger partial charge in [-0.2, -0.15) is 4.79 Å². The number of likely N-dealkylation sites (N-methyl/N-ethyl adjacent to an activating group) is 1. The SMILES string of the molecule is CC(=[N+]=[N-])C(=O)N(C)CCc1ccccc1. The van der Waals surface area contributed by atoms with Crippen LogP contribution in [-0.2, 0) is 11.2 Å². The summed E-state index contributed by atoms with van der Waals surface area (Å²) in [5.41, 5.74) is 9.77. The van der Waals surface area contributed by atoms with Crippen molar-refractivity contribution in [3.05, 3.63) is 41.4 Å². The molecule has 1 amide bonds. The van der Waals surface area contributed by atoms with Gasteiger partial charge >= 0.3 is 11.6 Å². The smallest absolute Gasteiger partial charge is 0.352 e. The quantitative estimate of drug-likeness (QED) is 0.427. The van der Waals surface area contributed by atoms with Crippen LogP contribution in [0.25, 0.3) is 5.53 Å². The minimum Gasteiger partial charge on any atom is -0.361 e. The predicted molar refractivity (Wildman–Crippen MR) is 62.1 cm³/mol. The van der Waals surface area contributed by atoms with Gasteiger partial charge in [-0.1, -0.05) is 30.3 Å². The molecule has 0 aromatic heterocycles. The predicted octanol–water partition coefficient (Wildman–Crippen LogP) is 1.38. The van der Waals surface area contributed by atoms with Crippen LogP contribution in [0, 0.1) is 0 Å². The summed E-state index contributed by atoms with van der Waals surface area (Å²) >= 11 is 0. The number of hydrogen-bond acceptors (Lipinski definition) is 1. The van der Waals surface area contributed by atoms with Crippen LogP contribution in [0.15, 0.2) is 30.3 Å². The van der Waals surface area contributed by atoms with Gasteiger partial charge in [0.25, 0.3) is 0 Å². The molecule has 84 valence electrons. The third-order valence-electron chi connectivity index (χ3n) is 2.38. The molecule has 0 aliphatic rings. The third kappa shape index (κ3) is 3.33. The number of rotatable bonds is 4. The highest BCUT2D eigenvalue weighted by Gasteiger charge is 2.17. The molecular weight excluding hydrogens is 202 g/mol. The summed E-state index contributed by atoms with van der Waals surface area (Å²) in [6, 6.07) is 9.94. The molecule has 0 aliphatic carbocycles. The van der Waals surface area contributed by atoms with E-state index in [0.29, 0.717) is 6.54 Å². The van der Waals surface area contributed by atoms with Gasteiger partial charge in [0.05, 0.1) is 0 Å². The molecule has 0 N–H and O–H groups in total. The number of amides is 1. The van der Waals surface area contributed by atoms with E-state index >= 15 is 0 Å². The Hall–Kier alpha value is -1.93. The molecule has 0 radical (unpaired) electrons. The van der Waals surface area contributed by atoms with E-state index < -0.39 is 0 Å². The number of nitrogens with zero attached hydrogens (tertiary/aromatic N) is 3. The van der Waals surface area contributed by atoms with Gasteiger partial charge in [-0.05, 0) is 12.0 Å². The van der Waals surface area contributed by atoms with E-state index in [2.05, 4.69) is 4.79 Å². The zero-order chi connectivity index (χ0) is 12.0. The van der Waals surface area contributed by atoms with Crippen LogP contribution in [0.1, 0.15) is 12.5 Å². The van der Waals surface area contributed by atoms with Gasteiger partial charge in [0, 0.05) is 20.5 Å². The van der Waals surface area contributed by atoms with Crippen LogP contribution in [0.3, 0.4) is 0 Å². The van der Waals surface area contributed by atoms with E-state index in [-0.39, 0.29) is 11.6 Å². The third-order valence-corrected chi connectivity index (χ3v) is 2.38. The van der Waals surface area contributed by atoms with Crippen LogP contribution < -0.4 is 0 Å². The molecule has 0 saturated carbocycles. The lowest BCUT2D eigenvalue weighted by atomic mass is 10.1. The summed E-state index contributed by atoms with van der Waals surface area (Å²) < 4.78 is 0. The molecule has 4 heteroatoms. The maximum Gasteiger partial charge on any atom is 0.352 e. The van der Waals surface area contributed by atoms with Crippen molar-refractivity contribution in [3.63, 3.8) is 0 Å². The number of hydrogen-bond donors (Lipinski definition) is 0. The molecule has 0 saturated heterocycles. The first-order valence-corrected chi connectivity index (χ1v) is 5.13. The normalized spacial score (nSPS) is 9.38. The largest absolute Gasteiger partial charge is 0.361 e. The van der Waals surface area contributed by atoms with Gasteiger partial charge in [-0.3, -0.25) is 4.79 Å². The molecule has 0 aliphatic heterocycles. The topological polar surface area (TPSA) is 56.7 Å². The van der Waals surface area contributed by atoms with Crippen molar-refractivity contribution < 1.29 is 9.58 Å². The summed E-state index contributed by atoms with van der Waals surface area (Å²) in [6.45, 7) is 2.09. The second kappa shape index (κ2) is 5.83. The fourth-order valence-electron chi connectivity index (χ4n) is 1.36. The van der Waals surface area contributed by atoms with Crippen molar-refractivity contribution in [1.29, 1.82) is 0 Å². The second-order valence-corrected chi connectivity index (χ2v) is 3.65. The van der Waals surface area contributed by atoms with Crippen molar-refractivity contribution in [2.75, 3.05) is 13.6 Å². The fourth-order valence-corrected chi connectivity index (χ4v) is 1.36. The molecule has 4 nitrogen and oxygen atoms in total. The molecule has 0 unspecified atom stereocenters. The summed E-state index contributed by atoms with van der Waals surface area (Å²) in [4.78, 5) is 16.0. The van der Waals surface area contributed by atoms with Crippen LogP contribution >= 0.6 is 0 Å². The van der Waals surface area contributed by atoms with Crippen molar-refractivity contribution in [2.45, 2.75) is 13.3 Å². The number of carbonyl (C=O) groups excluding carboxylic acids is 1. The fraction of sp³-hybridized carbons (Fsp3) is 0.333. The van der Waals surface area contributed by atoms with Crippen LogP contribution in [0.2, 0.25) is 0 Å². The van der Waals surface area contributed by atoms with Crippen molar-refractivity contribution in [3.8, 4) is 0 Å². The van der Waals surface area contributed by atoms with Crippen LogP contribution in [0.5, 0.6) is 0 Å². The van der Waals surface area contributed by atoms with Gasteiger partial charge in [-0.15, -0.1) is 0 Å². The Kier molecular flexibility index (Phi) is 4.42. The number of benzene rings is 1.